The van der Waals surface area contributed by atoms with Crippen molar-refractivity contribution in [2.75, 3.05) is 26.9 Å². The minimum atomic E-state index is -5.44. The van der Waals surface area contributed by atoms with Crippen LogP contribution in [-0.4, -0.2) is 254 Å². The van der Waals surface area contributed by atoms with E-state index in [4.69, 9.17) is 52.1 Å². The van der Waals surface area contributed by atoms with Gasteiger partial charge in [0.05, 0.1) is 43.7 Å². The van der Waals surface area contributed by atoms with Gasteiger partial charge in [-0.25, -0.2) is 8.42 Å². The molecule has 0 aromatic rings. The SMILES string of the molecule is CO[C@@H]1[C@@H](O)[C@H](O[C@@H]2[C@@H](O)[C@H](O[C@H]3[C@H](O)[C@@H](O)[C@H](O[C@H]4[C@H](O[C@H]5CC[C@]6(C)C7=C[C@H](O)C89C(=O)OC(C)(C%10CCC(C)(C)O%10)[C@@]8(O)CC[C@@]9(C)[C@@H]7CC[C@H]6C5(C)C)OC[C@@H](OS(=O)(=O)[O-])[C@@H]4O)O[C@@H]3C)O[C@H](CO)[C@H]2O)O[C@H](CO)[C@H]1O.[Na+]. The van der Waals surface area contributed by atoms with Gasteiger partial charge >= 0.3 is 35.5 Å². The first-order valence-electron chi connectivity index (χ1n) is 28.6. The van der Waals surface area contributed by atoms with Gasteiger partial charge in [-0.3, -0.25) is 8.98 Å². The number of methoxy groups -OCH3 is 1. The number of allylic oxidation sites excluding steroid dienone is 1. The Hall–Kier alpha value is -0.760. The third-order valence-corrected chi connectivity index (χ3v) is 21.8. The van der Waals surface area contributed by atoms with Gasteiger partial charge in [0.15, 0.2) is 30.8 Å². The molecule has 6 heterocycles. The number of fused-ring (bicyclic) bond motifs is 4. The molecule has 3 unspecified atom stereocenters. The summed E-state index contributed by atoms with van der Waals surface area (Å²) in [5.41, 5.74) is -6.53. The molecule has 0 amide bonds. The molecule has 29 heteroatoms. The van der Waals surface area contributed by atoms with Gasteiger partial charge in [0.25, 0.3) is 0 Å². The summed E-state index contributed by atoms with van der Waals surface area (Å²) >= 11 is 0. The molecule has 11 N–H and O–H groups in total. The number of carbonyl (C=O) groups excluding carboxylic acids is 1. The second-order valence-corrected chi connectivity index (χ2v) is 27.5. The molecule has 9 fully saturated rings. The molecule has 83 heavy (non-hydrogen) atoms. The van der Waals surface area contributed by atoms with Gasteiger partial charge in [-0.15, -0.1) is 0 Å². The number of esters is 1. The standard InChI is InChI=1S/C54H86O27S.Na/c1-22-39(76-45-38(64)41(33(59)26(20-56)74-45)77-44-37(63)40(70-9)32(58)25(19-55)73-44)35(61)36(62)43(72-22)78-42-34(60)27(81-82(67,68)69)21-71-46(42)75-30-13-15-50(6)24-18-29(57)54-47(65)80-52(8,31-12-14-48(2,3)79-31)53(54,66)17-16-51(54,7)23(24)10-11-28(50)49(30,4)5;/h18,22-23,25-46,55-64,66H,10-17,19-21H2,1-9H3,(H,67,68,69);/q;+1/p-1/t22-,23-,25-,26-,27-,28+,29+,30+,31?,32-,33-,34+,35-,36-,37-,38-,39-,40+,41+,42-,43+,44+,45+,46+,50-,51+,52?,53+,54?;/m1./s1. The summed E-state index contributed by atoms with van der Waals surface area (Å²) < 4.78 is 106. The van der Waals surface area contributed by atoms with Crippen LogP contribution >= 0.6 is 0 Å². The largest absolute Gasteiger partial charge is 1.00 e. The van der Waals surface area contributed by atoms with E-state index < -0.39 is 210 Å². The van der Waals surface area contributed by atoms with E-state index >= 15 is 0 Å². The van der Waals surface area contributed by atoms with Gasteiger partial charge in [0, 0.05) is 7.11 Å². The fourth-order valence-corrected chi connectivity index (χ4v) is 17.4. The minimum Gasteiger partial charge on any atom is -0.726 e. The molecule has 0 aromatic carbocycles. The van der Waals surface area contributed by atoms with E-state index in [0.717, 1.165) is 5.57 Å². The van der Waals surface area contributed by atoms with E-state index in [1.54, 1.807) is 13.0 Å². The van der Waals surface area contributed by atoms with Gasteiger partial charge in [-0.1, -0.05) is 39.3 Å². The van der Waals surface area contributed by atoms with Crippen LogP contribution < -0.4 is 29.6 Å². The Balaban J connectivity index is 0.00000828. The molecule has 10 rings (SSSR count). The van der Waals surface area contributed by atoms with Crippen molar-refractivity contribution in [3.05, 3.63) is 11.6 Å². The average Bonchev–Trinajstić information content (AvgIpc) is 1.51. The molecule has 10 aliphatic rings. The topological polar surface area (TPSA) is 408 Å². The third-order valence-electron chi connectivity index (χ3n) is 21.4. The predicted molar refractivity (Wildman–Crippen MR) is 271 cm³/mol. The maximum Gasteiger partial charge on any atom is 1.00 e. The second-order valence-electron chi connectivity index (χ2n) is 26.5. The normalized spacial score (nSPS) is 53.0. The van der Waals surface area contributed by atoms with Gasteiger partial charge in [-0.2, -0.15) is 0 Å². The molecular weight excluding hydrogens is 1140 g/mol. The van der Waals surface area contributed by atoms with Crippen LogP contribution in [0.4, 0.5) is 0 Å². The Morgan fingerprint density at radius 2 is 1.27 bits per heavy atom. The number of hydrogen-bond donors (Lipinski definition) is 11. The quantitative estimate of drug-likeness (QED) is 0.0193. The van der Waals surface area contributed by atoms with Crippen LogP contribution in [0.25, 0.3) is 0 Å². The van der Waals surface area contributed by atoms with E-state index in [9.17, 15) is 73.9 Å². The molecule has 0 aromatic heterocycles. The zero-order valence-corrected chi connectivity index (χ0v) is 51.4. The first-order valence-corrected chi connectivity index (χ1v) is 29.9. The van der Waals surface area contributed by atoms with Crippen LogP contribution in [0, 0.1) is 33.5 Å². The first-order chi connectivity index (χ1) is 38.2. The van der Waals surface area contributed by atoms with Crippen molar-refractivity contribution in [2.45, 2.75) is 259 Å². The summed E-state index contributed by atoms with van der Waals surface area (Å²) in [6.07, 6.45) is -29.4. The van der Waals surface area contributed by atoms with E-state index in [1.807, 2.05) is 34.6 Å². The Morgan fingerprint density at radius 1 is 0.675 bits per heavy atom. The van der Waals surface area contributed by atoms with Crippen molar-refractivity contribution in [3.63, 3.8) is 0 Å². The third kappa shape index (κ3) is 10.5. The Bertz CT molecular complexity index is 2490. The van der Waals surface area contributed by atoms with Gasteiger partial charge in [0.1, 0.15) is 103 Å². The van der Waals surface area contributed by atoms with Crippen molar-refractivity contribution in [1.82, 2.24) is 0 Å². The molecular formula is C54H85NaO27S. The van der Waals surface area contributed by atoms with Crippen LogP contribution in [-0.2, 0) is 71.5 Å². The van der Waals surface area contributed by atoms with Crippen molar-refractivity contribution in [1.29, 1.82) is 0 Å². The average molecular weight is 1220 g/mol. The van der Waals surface area contributed by atoms with Crippen molar-refractivity contribution in [2.24, 2.45) is 33.5 Å². The molecule has 6 aliphatic heterocycles. The Labute approximate surface area is 504 Å². The number of carbonyl (C=O) groups is 1. The molecule has 29 atom stereocenters. The summed E-state index contributed by atoms with van der Waals surface area (Å²) in [6.45, 7) is 13.0. The first kappa shape index (κ1) is 66.7. The predicted octanol–water partition coefficient (Wildman–Crippen LogP) is -5.60. The Morgan fingerprint density at radius 3 is 1.86 bits per heavy atom. The van der Waals surface area contributed by atoms with Gasteiger partial charge in [-0.05, 0) is 107 Å². The zero-order chi connectivity index (χ0) is 60.0. The van der Waals surface area contributed by atoms with Crippen LogP contribution in [0.5, 0.6) is 0 Å². The van der Waals surface area contributed by atoms with Crippen LogP contribution in [0.15, 0.2) is 11.6 Å². The van der Waals surface area contributed by atoms with Crippen molar-refractivity contribution >= 4 is 16.4 Å². The number of rotatable bonds is 14. The molecule has 3 saturated carbocycles. The van der Waals surface area contributed by atoms with Crippen LogP contribution in [0.1, 0.15) is 107 Å². The van der Waals surface area contributed by atoms with E-state index in [0.29, 0.717) is 44.9 Å². The molecule has 470 valence electrons. The summed E-state index contributed by atoms with van der Waals surface area (Å²) in [6, 6.07) is 0. The van der Waals surface area contributed by atoms with E-state index in [1.165, 1.54) is 14.0 Å². The molecule has 6 saturated heterocycles. The summed E-state index contributed by atoms with van der Waals surface area (Å²) in [5, 5.41) is 125. The number of cyclic esters (lactones) is 1. The van der Waals surface area contributed by atoms with E-state index in [2.05, 4.69) is 11.1 Å². The molecule has 0 radical (unpaired) electrons. The number of hydrogen-bond acceptors (Lipinski definition) is 27. The van der Waals surface area contributed by atoms with Gasteiger partial charge in [0.2, 0.25) is 10.4 Å². The Kier molecular flexibility index (Phi) is 18.9. The molecule has 1 spiro atoms. The number of aliphatic hydroxyl groups is 11. The molecule has 27 nitrogen and oxygen atoms in total. The summed E-state index contributed by atoms with van der Waals surface area (Å²) in [5.74, 6) is -0.989. The number of ether oxygens (including phenoxy) is 11. The monoisotopic (exact) mass is 1220 g/mol. The molecule has 4 aliphatic carbocycles. The van der Waals surface area contributed by atoms with Crippen molar-refractivity contribution in [3.8, 4) is 0 Å². The smallest absolute Gasteiger partial charge is 0.726 e. The maximum absolute atomic E-state index is 14.7. The number of aliphatic hydroxyl groups excluding tert-OH is 10. The minimum absolute atomic E-state index is 0. The summed E-state index contributed by atoms with van der Waals surface area (Å²) in [7, 11) is -4.27. The zero-order valence-electron chi connectivity index (χ0n) is 48.6. The van der Waals surface area contributed by atoms with Gasteiger partial charge < -0.3 is 113 Å². The maximum atomic E-state index is 14.7. The van der Waals surface area contributed by atoms with Crippen LogP contribution in [0.2, 0.25) is 0 Å². The van der Waals surface area contributed by atoms with Crippen molar-refractivity contribution < 1.29 is 160 Å². The molecule has 0 bridgehead atoms. The fourth-order valence-electron chi connectivity index (χ4n) is 17.0. The second kappa shape index (κ2) is 23.5. The fraction of sp³-hybridized carbons (Fsp3) is 0.944. The summed E-state index contributed by atoms with van der Waals surface area (Å²) in [4.78, 5) is 14.7. The van der Waals surface area contributed by atoms with E-state index in [-0.39, 0.29) is 47.8 Å². The van der Waals surface area contributed by atoms with Crippen LogP contribution in [0.3, 0.4) is 0 Å².